The number of halogens is 5. The molecular weight excluding hydrogens is 801 g/mol. The number of carbonyl (C=O) groups is 7. The van der Waals surface area contributed by atoms with Crippen molar-refractivity contribution in [3.63, 3.8) is 0 Å². The maximum Gasteiger partial charge on any atom is 0.332 e. The van der Waals surface area contributed by atoms with E-state index in [2.05, 4.69) is 16.0 Å². The number of hydrogen-bond acceptors (Lipinski definition) is 11. The molecule has 0 aliphatic carbocycles. The molecule has 2 aromatic rings. The van der Waals surface area contributed by atoms with Gasteiger partial charge < -0.3 is 45.1 Å². The number of esters is 2. The predicted octanol–water partition coefficient (Wildman–Crippen LogP) is 4.84. The SMILES string of the molecule is CC.CF.FF.FF.O=C(/C=C(/CC(=O)Oc1ccccc1)C(=O)O)NCCCOCCOCCCC(=O)NCCNC(=O)/C=C(/CC(=O)Oc1ccccc1)C(=O)O. The average Bonchev–Trinajstić information content (AvgIpc) is 3.24. The molecule has 0 saturated heterocycles. The number of hydrogen-bond donors (Lipinski definition) is 5. The van der Waals surface area contributed by atoms with Gasteiger partial charge in [-0.25, -0.2) is 9.59 Å². The minimum absolute atomic E-state index is 0.0334. The molecule has 0 aliphatic heterocycles. The van der Waals surface area contributed by atoms with E-state index in [1.807, 2.05) is 13.8 Å². The topological polar surface area (TPSA) is 233 Å². The van der Waals surface area contributed by atoms with E-state index in [9.17, 15) is 48.2 Å². The Morgan fingerprint density at radius 3 is 1.34 bits per heavy atom. The number of carbonyl (C=O) groups excluding carboxylic acids is 5. The third kappa shape index (κ3) is 32.6. The van der Waals surface area contributed by atoms with Crippen LogP contribution in [0, 0.1) is 0 Å². The van der Waals surface area contributed by atoms with Crippen molar-refractivity contribution in [2.75, 3.05) is 53.2 Å². The lowest BCUT2D eigenvalue weighted by Crippen LogP contribution is -2.34. The van der Waals surface area contributed by atoms with E-state index < -0.39 is 59.7 Å². The summed E-state index contributed by atoms with van der Waals surface area (Å²) in [5, 5.41) is 26.2. The van der Waals surface area contributed by atoms with Crippen molar-refractivity contribution in [1.82, 2.24) is 16.0 Å². The average molecular weight is 852 g/mol. The van der Waals surface area contributed by atoms with Crippen LogP contribution < -0.4 is 25.4 Å². The highest BCUT2D eigenvalue weighted by atomic mass is 20.0. The molecule has 330 valence electrons. The number of benzene rings is 2. The fourth-order valence-electron chi connectivity index (χ4n) is 3.94. The second kappa shape index (κ2) is 40.0. The zero-order valence-electron chi connectivity index (χ0n) is 32.7. The normalized spacial score (nSPS) is 10.1. The number of rotatable bonds is 24. The van der Waals surface area contributed by atoms with Crippen LogP contribution in [0.25, 0.3) is 0 Å². The van der Waals surface area contributed by atoms with Gasteiger partial charge in [0.25, 0.3) is 0 Å². The zero-order chi connectivity index (χ0) is 45.3. The number of alkyl halides is 1. The van der Waals surface area contributed by atoms with Crippen molar-refractivity contribution >= 4 is 41.6 Å². The molecule has 21 heteroatoms. The first kappa shape index (κ1) is 57.1. The van der Waals surface area contributed by atoms with Gasteiger partial charge in [-0.1, -0.05) is 50.2 Å². The summed E-state index contributed by atoms with van der Waals surface area (Å²) in [4.78, 5) is 83.0. The molecular formula is C38H50F5N3O13. The van der Waals surface area contributed by atoms with E-state index in [1.165, 1.54) is 12.1 Å². The first-order valence-electron chi connectivity index (χ1n) is 17.6. The molecule has 2 aromatic carbocycles. The van der Waals surface area contributed by atoms with Crippen LogP contribution in [0.1, 0.15) is 46.0 Å². The van der Waals surface area contributed by atoms with Crippen LogP contribution in [0.3, 0.4) is 0 Å². The molecule has 0 aliphatic rings. The summed E-state index contributed by atoms with van der Waals surface area (Å²) in [5.74, 6) is -5.67. The molecule has 0 bridgehead atoms. The van der Waals surface area contributed by atoms with E-state index in [1.54, 1.807) is 48.5 Å². The Balaban J connectivity index is -0.00000368. The van der Waals surface area contributed by atoms with Crippen LogP contribution in [0.4, 0.5) is 22.7 Å². The highest BCUT2D eigenvalue weighted by molar-refractivity contribution is 6.01. The maximum atomic E-state index is 12.1. The van der Waals surface area contributed by atoms with Gasteiger partial charge in [0.1, 0.15) is 11.5 Å². The summed E-state index contributed by atoms with van der Waals surface area (Å²) in [7, 11) is 0.500. The number of para-hydroxylation sites is 2. The summed E-state index contributed by atoms with van der Waals surface area (Å²) in [6.07, 6.45) is 1.49. The summed E-state index contributed by atoms with van der Waals surface area (Å²) in [6, 6.07) is 16.2. The minimum atomic E-state index is -1.44. The van der Waals surface area contributed by atoms with Crippen LogP contribution in [-0.4, -0.2) is 105 Å². The van der Waals surface area contributed by atoms with Crippen molar-refractivity contribution in [2.24, 2.45) is 0 Å². The molecule has 59 heavy (non-hydrogen) atoms. The largest absolute Gasteiger partial charge is 0.478 e. The molecule has 0 aromatic heterocycles. The second-order valence-corrected chi connectivity index (χ2v) is 10.5. The smallest absolute Gasteiger partial charge is 0.332 e. The predicted molar refractivity (Wildman–Crippen MR) is 202 cm³/mol. The molecule has 0 heterocycles. The Morgan fingerprint density at radius 1 is 0.559 bits per heavy atom. The monoisotopic (exact) mass is 851 g/mol. The molecule has 2 rings (SSSR count). The molecule has 0 unspecified atom stereocenters. The number of nitrogens with one attached hydrogen (secondary N) is 3. The van der Waals surface area contributed by atoms with Gasteiger partial charge in [-0.3, -0.25) is 28.4 Å². The van der Waals surface area contributed by atoms with Crippen molar-refractivity contribution in [1.29, 1.82) is 0 Å². The van der Waals surface area contributed by atoms with Crippen molar-refractivity contribution in [2.45, 2.75) is 46.0 Å². The Labute approximate surface area is 337 Å². The van der Waals surface area contributed by atoms with Gasteiger partial charge >= 0.3 is 23.9 Å². The number of aliphatic carboxylic acids is 2. The highest BCUT2D eigenvalue weighted by Crippen LogP contribution is 2.13. The summed E-state index contributed by atoms with van der Waals surface area (Å²) < 4.78 is 62.4. The van der Waals surface area contributed by atoms with Crippen molar-refractivity contribution < 1.29 is 85.4 Å². The van der Waals surface area contributed by atoms with E-state index in [0.717, 1.165) is 12.2 Å². The van der Waals surface area contributed by atoms with Crippen LogP contribution in [-0.2, 0) is 43.0 Å². The van der Waals surface area contributed by atoms with E-state index in [0.29, 0.717) is 33.2 Å². The molecule has 0 fully saturated rings. The zero-order valence-corrected chi connectivity index (χ0v) is 32.7. The lowest BCUT2D eigenvalue weighted by Gasteiger charge is -2.08. The number of ether oxygens (including phenoxy) is 4. The highest BCUT2D eigenvalue weighted by Gasteiger charge is 2.18. The standard InChI is InChI=1S/C35H41N3O13.C2H6.CH3F.2F2/c39-29(37-15-16-38-31(41)22-26(35(46)47)24-33(43)51-28-11-5-2-6-12-28)13-7-17-48-19-20-49-18-8-14-36-30(40)21-25(34(44)45)23-32(42)50-27-9-3-1-4-10-27;4*1-2/h1-6,9-12,21-22H,7-8,13-20,23-24H2,(H,36,40)(H,37,39)(H,38,41)(H,44,45)(H,46,47);1-2H3;1H3;;/b25-21-,26-22-;;;;. The van der Waals surface area contributed by atoms with Gasteiger partial charge in [0.15, 0.2) is 0 Å². The molecule has 16 nitrogen and oxygen atoms in total. The third-order valence-corrected chi connectivity index (χ3v) is 6.36. The van der Waals surface area contributed by atoms with Crippen LogP contribution in [0.5, 0.6) is 11.5 Å². The molecule has 3 amide bonds. The molecule has 5 N–H and O–H groups in total. The second-order valence-electron chi connectivity index (χ2n) is 10.5. The summed E-state index contributed by atoms with van der Waals surface area (Å²) in [5.41, 5.74) is -0.859. The first-order valence-corrected chi connectivity index (χ1v) is 17.6. The lowest BCUT2D eigenvalue weighted by atomic mass is 10.1. The van der Waals surface area contributed by atoms with Crippen LogP contribution in [0.15, 0.2) is 84.0 Å². The number of carboxylic acids is 2. The van der Waals surface area contributed by atoms with Gasteiger partial charge in [-0.2, -0.15) is 0 Å². The van der Waals surface area contributed by atoms with Gasteiger partial charge in [0.05, 0.1) is 44.4 Å². The molecule has 0 spiro atoms. The van der Waals surface area contributed by atoms with Gasteiger partial charge in [-0.15, -0.1) is 0 Å². The Kier molecular flexibility index (Phi) is 38.7. The molecule has 0 radical (unpaired) electrons. The van der Waals surface area contributed by atoms with E-state index >= 15 is 0 Å². The summed E-state index contributed by atoms with van der Waals surface area (Å²) in [6.45, 7) is 5.50. The van der Waals surface area contributed by atoms with Crippen LogP contribution in [0.2, 0.25) is 0 Å². The van der Waals surface area contributed by atoms with Crippen molar-refractivity contribution in [3.05, 3.63) is 84.0 Å². The Bertz CT molecular complexity index is 1550. The van der Waals surface area contributed by atoms with Crippen molar-refractivity contribution in [3.8, 4) is 11.5 Å². The fourth-order valence-corrected chi connectivity index (χ4v) is 3.94. The molecule has 0 atom stereocenters. The third-order valence-electron chi connectivity index (χ3n) is 6.36. The number of amides is 3. The Hall–Kier alpha value is -6.22. The lowest BCUT2D eigenvalue weighted by molar-refractivity contribution is -0.138. The van der Waals surface area contributed by atoms with Crippen LogP contribution >= 0.6 is 0 Å². The van der Waals surface area contributed by atoms with Gasteiger partial charge in [-0.05, 0) is 37.1 Å². The summed E-state index contributed by atoms with van der Waals surface area (Å²) >= 11 is 0. The minimum Gasteiger partial charge on any atom is -0.478 e. The van der Waals surface area contributed by atoms with Gasteiger partial charge in [0.2, 0.25) is 17.7 Å². The first-order chi connectivity index (χ1) is 28.5. The fraction of sp³-hybridized carbons (Fsp3) is 0.395. The number of carboxylic acid groups (broad SMARTS) is 2. The quantitative estimate of drug-likeness (QED) is 0.0313. The molecule has 0 saturated carbocycles. The Morgan fingerprint density at radius 2 is 0.932 bits per heavy atom. The maximum absolute atomic E-state index is 12.1. The van der Waals surface area contributed by atoms with E-state index in [-0.39, 0.29) is 56.7 Å². The van der Waals surface area contributed by atoms with Gasteiger partial charge in [0, 0.05) is 69.7 Å². The van der Waals surface area contributed by atoms with E-state index in [4.69, 9.17) is 37.2 Å².